The summed E-state index contributed by atoms with van der Waals surface area (Å²) in [6, 6.07) is 0.0477. The molecule has 2 unspecified atom stereocenters. The molecule has 3 heteroatoms. The van der Waals surface area contributed by atoms with Gasteiger partial charge < -0.3 is 10.3 Å². The highest BCUT2D eigenvalue weighted by molar-refractivity contribution is 5.00. The molecule has 3 nitrogen and oxygen atoms in total. The molecular weight excluding hydrogens is 186 g/mol. The van der Waals surface area contributed by atoms with Crippen molar-refractivity contribution in [3.63, 3.8) is 0 Å². The fourth-order valence-electron chi connectivity index (χ4n) is 1.70. The van der Waals surface area contributed by atoms with Gasteiger partial charge in [0.1, 0.15) is 5.82 Å². The summed E-state index contributed by atoms with van der Waals surface area (Å²) < 4.78 is 2.17. The fourth-order valence-corrected chi connectivity index (χ4v) is 1.70. The number of nitrogens with two attached hydrogens (primary N) is 1. The Labute approximate surface area is 92.7 Å². The van der Waals surface area contributed by atoms with Crippen LogP contribution in [0.3, 0.4) is 0 Å². The summed E-state index contributed by atoms with van der Waals surface area (Å²) in [5.41, 5.74) is 6.23. The van der Waals surface area contributed by atoms with Gasteiger partial charge in [-0.05, 0) is 18.3 Å². The molecule has 0 amide bonds. The van der Waals surface area contributed by atoms with E-state index < -0.39 is 0 Å². The standard InChI is InChI=1S/C12H23N3/c1-5-7-15-8-6-14-12(15)11(13)10(4)9(2)3/h6,8-11H,5,7,13H2,1-4H3. The molecule has 0 aliphatic carbocycles. The lowest BCUT2D eigenvalue weighted by Gasteiger charge is -2.23. The van der Waals surface area contributed by atoms with E-state index in [2.05, 4.69) is 37.2 Å². The van der Waals surface area contributed by atoms with Crippen LogP contribution in [0, 0.1) is 11.8 Å². The number of aryl methyl sites for hydroxylation is 1. The maximum Gasteiger partial charge on any atom is 0.125 e. The second kappa shape index (κ2) is 5.31. The van der Waals surface area contributed by atoms with Crippen molar-refractivity contribution in [2.45, 2.75) is 46.7 Å². The largest absolute Gasteiger partial charge is 0.334 e. The number of imidazole rings is 1. The minimum atomic E-state index is 0.0477. The summed E-state index contributed by atoms with van der Waals surface area (Å²) >= 11 is 0. The van der Waals surface area contributed by atoms with E-state index >= 15 is 0 Å². The van der Waals surface area contributed by atoms with Gasteiger partial charge >= 0.3 is 0 Å². The van der Waals surface area contributed by atoms with Gasteiger partial charge in [-0.25, -0.2) is 4.98 Å². The zero-order chi connectivity index (χ0) is 11.4. The Balaban J connectivity index is 2.80. The zero-order valence-corrected chi connectivity index (χ0v) is 10.3. The summed E-state index contributed by atoms with van der Waals surface area (Å²) in [6.07, 6.45) is 4.98. The molecule has 0 aliphatic rings. The zero-order valence-electron chi connectivity index (χ0n) is 10.3. The van der Waals surface area contributed by atoms with Crippen LogP contribution in [0.2, 0.25) is 0 Å². The fraction of sp³-hybridized carbons (Fsp3) is 0.750. The highest BCUT2D eigenvalue weighted by Crippen LogP contribution is 2.24. The number of rotatable bonds is 5. The van der Waals surface area contributed by atoms with Gasteiger partial charge in [-0.3, -0.25) is 0 Å². The van der Waals surface area contributed by atoms with Crippen LogP contribution >= 0.6 is 0 Å². The van der Waals surface area contributed by atoms with Crippen molar-refractivity contribution in [2.75, 3.05) is 0 Å². The molecule has 86 valence electrons. The smallest absolute Gasteiger partial charge is 0.125 e. The SMILES string of the molecule is CCCn1ccnc1C(N)C(C)C(C)C. The number of hydrogen-bond donors (Lipinski definition) is 1. The van der Waals surface area contributed by atoms with Crippen LogP contribution in [0.5, 0.6) is 0 Å². The van der Waals surface area contributed by atoms with E-state index in [1.807, 2.05) is 12.4 Å². The van der Waals surface area contributed by atoms with Crippen molar-refractivity contribution in [1.29, 1.82) is 0 Å². The van der Waals surface area contributed by atoms with Gasteiger partial charge in [-0.2, -0.15) is 0 Å². The predicted octanol–water partition coefficient (Wildman–Crippen LogP) is 2.59. The molecule has 15 heavy (non-hydrogen) atoms. The van der Waals surface area contributed by atoms with Crippen molar-refractivity contribution < 1.29 is 0 Å². The topological polar surface area (TPSA) is 43.8 Å². The van der Waals surface area contributed by atoms with Crippen LogP contribution in [0.25, 0.3) is 0 Å². The van der Waals surface area contributed by atoms with Gasteiger partial charge in [-0.1, -0.05) is 27.7 Å². The Morgan fingerprint density at radius 2 is 2.07 bits per heavy atom. The number of nitrogens with zero attached hydrogens (tertiary/aromatic N) is 2. The molecule has 0 saturated heterocycles. The molecular formula is C12H23N3. The molecule has 1 aromatic rings. The average molecular weight is 209 g/mol. The molecule has 0 radical (unpaired) electrons. The highest BCUT2D eigenvalue weighted by atomic mass is 15.1. The van der Waals surface area contributed by atoms with Crippen molar-refractivity contribution in [2.24, 2.45) is 17.6 Å². The highest BCUT2D eigenvalue weighted by Gasteiger charge is 2.21. The summed E-state index contributed by atoms with van der Waals surface area (Å²) in [5.74, 6) is 2.08. The summed E-state index contributed by atoms with van der Waals surface area (Å²) in [6.45, 7) is 9.78. The third-order valence-electron chi connectivity index (χ3n) is 3.13. The Morgan fingerprint density at radius 1 is 1.40 bits per heavy atom. The molecule has 0 saturated carbocycles. The third-order valence-corrected chi connectivity index (χ3v) is 3.13. The van der Waals surface area contributed by atoms with Crippen LogP contribution in [0.4, 0.5) is 0 Å². The van der Waals surface area contributed by atoms with Gasteiger partial charge in [0.05, 0.1) is 6.04 Å². The maximum absolute atomic E-state index is 6.23. The summed E-state index contributed by atoms with van der Waals surface area (Å²) in [4.78, 5) is 4.38. The molecule has 2 atom stereocenters. The molecule has 0 fully saturated rings. The van der Waals surface area contributed by atoms with Crippen LogP contribution in [0.1, 0.15) is 46.0 Å². The van der Waals surface area contributed by atoms with Gasteiger partial charge in [-0.15, -0.1) is 0 Å². The first kappa shape index (κ1) is 12.2. The van der Waals surface area contributed by atoms with Crippen molar-refractivity contribution in [1.82, 2.24) is 9.55 Å². The Hall–Kier alpha value is -0.830. The van der Waals surface area contributed by atoms with Crippen LogP contribution in [-0.4, -0.2) is 9.55 Å². The summed E-state index contributed by atoms with van der Waals surface area (Å²) in [7, 11) is 0. The van der Waals surface area contributed by atoms with Crippen LogP contribution < -0.4 is 5.73 Å². The Morgan fingerprint density at radius 3 is 2.60 bits per heavy atom. The van der Waals surface area contributed by atoms with E-state index in [0.29, 0.717) is 11.8 Å². The predicted molar refractivity (Wildman–Crippen MR) is 63.4 cm³/mol. The van der Waals surface area contributed by atoms with Gasteiger partial charge in [0.15, 0.2) is 0 Å². The van der Waals surface area contributed by atoms with Crippen LogP contribution in [0.15, 0.2) is 12.4 Å². The molecule has 1 heterocycles. The maximum atomic E-state index is 6.23. The second-order valence-electron chi connectivity index (χ2n) is 4.61. The minimum absolute atomic E-state index is 0.0477. The molecule has 2 N–H and O–H groups in total. The van der Waals surface area contributed by atoms with Crippen molar-refractivity contribution in [3.05, 3.63) is 18.2 Å². The quantitative estimate of drug-likeness (QED) is 0.810. The average Bonchev–Trinajstić information content (AvgIpc) is 2.64. The van der Waals surface area contributed by atoms with Crippen molar-refractivity contribution in [3.8, 4) is 0 Å². The number of hydrogen-bond acceptors (Lipinski definition) is 2. The van der Waals surface area contributed by atoms with E-state index in [1.54, 1.807) is 0 Å². The van der Waals surface area contributed by atoms with E-state index in [4.69, 9.17) is 5.73 Å². The van der Waals surface area contributed by atoms with Crippen molar-refractivity contribution >= 4 is 0 Å². The van der Waals surface area contributed by atoms with Gasteiger partial charge in [0.25, 0.3) is 0 Å². The Bertz CT molecular complexity index is 291. The van der Waals surface area contributed by atoms with E-state index in [9.17, 15) is 0 Å². The van der Waals surface area contributed by atoms with Gasteiger partial charge in [0, 0.05) is 18.9 Å². The lowest BCUT2D eigenvalue weighted by molar-refractivity contribution is 0.334. The normalized spacial score (nSPS) is 15.6. The summed E-state index contributed by atoms with van der Waals surface area (Å²) in [5, 5.41) is 0. The molecule has 0 aromatic carbocycles. The number of aromatic nitrogens is 2. The first-order chi connectivity index (χ1) is 7.07. The Kier molecular flexibility index (Phi) is 4.33. The lowest BCUT2D eigenvalue weighted by atomic mass is 9.90. The molecule has 1 rings (SSSR count). The first-order valence-corrected chi connectivity index (χ1v) is 5.84. The molecule has 0 aliphatic heterocycles. The van der Waals surface area contributed by atoms with E-state index in [-0.39, 0.29) is 6.04 Å². The van der Waals surface area contributed by atoms with E-state index in [0.717, 1.165) is 18.8 Å². The van der Waals surface area contributed by atoms with E-state index in [1.165, 1.54) is 0 Å². The molecule has 1 aromatic heterocycles. The second-order valence-corrected chi connectivity index (χ2v) is 4.61. The monoisotopic (exact) mass is 209 g/mol. The third kappa shape index (κ3) is 2.81. The van der Waals surface area contributed by atoms with Crippen LogP contribution in [-0.2, 0) is 6.54 Å². The van der Waals surface area contributed by atoms with Gasteiger partial charge in [0.2, 0.25) is 0 Å². The minimum Gasteiger partial charge on any atom is -0.334 e. The molecule has 0 spiro atoms. The first-order valence-electron chi connectivity index (χ1n) is 5.84. The molecule has 0 bridgehead atoms. The lowest BCUT2D eigenvalue weighted by Crippen LogP contribution is -2.26.